The molecule has 6 heteroatoms. The summed E-state index contributed by atoms with van der Waals surface area (Å²) >= 11 is 0. The third kappa shape index (κ3) is 39.6. The van der Waals surface area contributed by atoms with Crippen molar-refractivity contribution >= 4 is 11.9 Å². The molecule has 0 saturated heterocycles. The summed E-state index contributed by atoms with van der Waals surface area (Å²) in [5.74, 6) is -0.115. The van der Waals surface area contributed by atoms with E-state index in [4.69, 9.17) is 4.74 Å². The third-order valence-corrected chi connectivity index (χ3v) is 10.1. The molecule has 2 unspecified atom stereocenters. The molecule has 0 fully saturated rings. The first-order valence-corrected chi connectivity index (χ1v) is 22.8. The first kappa shape index (κ1) is 51.1. The molecule has 6 nitrogen and oxygen atoms in total. The van der Waals surface area contributed by atoms with E-state index in [1.807, 2.05) is 6.08 Å². The van der Waals surface area contributed by atoms with Crippen molar-refractivity contribution in [2.24, 2.45) is 0 Å². The number of unbranched alkanes of at least 4 members (excludes halogenated alkanes) is 26. The van der Waals surface area contributed by atoms with Gasteiger partial charge in [-0.3, -0.25) is 9.59 Å². The van der Waals surface area contributed by atoms with Crippen molar-refractivity contribution in [1.29, 1.82) is 0 Å². The maximum absolute atomic E-state index is 12.4. The minimum atomic E-state index is -0.853. The van der Waals surface area contributed by atoms with Gasteiger partial charge in [-0.2, -0.15) is 0 Å². The van der Waals surface area contributed by atoms with Crippen molar-refractivity contribution in [3.8, 4) is 0 Å². The molecular weight excluding hydrogens is 659 g/mol. The molecule has 0 bridgehead atoms. The fourth-order valence-corrected chi connectivity index (χ4v) is 6.61. The van der Waals surface area contributed by atoms with E-state index >= 15 is 0 Å². The average Bonchev–Trinajstić information content (AvgIpc) is 3.16. The van der Waals surface area contributed by atoms with Crippen LogP contribution in [0, 0.1) is 0 Å². The summed E-state index contributed by atoms with van der Waals surface area (Å²) in [6, 6.07) is -0.638. The SMILES string of the molecule is CCC/C=C\C/C=C\CCCCCCCC(=O)OCCCCCCCCCCCCCCC(=O)NC(CO)C(O)/C=C/CCCCCCCCCCC. The smallest absolute Gasteiger partial charge is 0.305 e. The molecular formula is C47H87NO5. The average molecular weight is 746 g/mol. The highest BCUT2D eigenvalue weighted by Crippen LogP contribution is 2.14. The van der Waals surface area contributed by atoms with Crippen molar-refractivity contribution < 1.29 is 24.5 Å². The molecule has 0 rings (SSSR count). The second kappa shape index (κ2) is 42.8. The highest BCUT2D eigenvalue weighted by molar-refractivity contribution is 5.76. The zero-order chi connectivity index (χ0) is 38.7. The largest absolute Gasteiger partial charge is 0.466 e. The lowest BCUT2D eigenvalue weighted by molar-refractivity contribution is -0.143. The van der Waals surface area contributed by atoms with Crippen LogP contribution < -0.4 is 5.32 Å². The molecule has 0 aromatic rings. The van der Waals surface area contributed by atoms with Gasteiger partial charge in [0.1, 0.15) is 0 Å². The highest BCUT2D eigenvalue weighted by Gasteiger charge is 2.18. The summed E-state index contributed by atoms with van der Waals surface area (Å²) in [5, 5.41) is 22.9. The van der Waals surface area contributed by atoms with Gasteiger partial charge in [-0.05, 0) is 57.8 Å². The minimum absolute atomic E-state index is 0.0274. The van der Waals surface area contributed by atoms with Crippen LogP contribution in [0.5, 0.6) is 0 Å². The normalized spacial score (nSPS) is 13.1. The summed E-state index contributed by atoms with van der Waals surface area (Å²) in [6.45, 7) is 4.76. The molecule has 0 aliphatic rings. The lowest BCUT2D eigenvalue weighted by atomic mass is 10.0. The van der Waals surface area contributed by atoms with Gasteiger partial charge in [-0.1, -0.05) is 192 Å². The molecule has 0 aliphatic heterocycles. The zero-order valence-electron chi connectivity index (χ0n) is 35.0. The van der Waals surface area contributed by atoms with E-state index in [9.17, 15) is 19.8 Å². The molecule has 0 aromatic heterocycles. The van der Waals surface area contributed by atoms with Gasteiger partial charge < -0.3 is 20.3 Å². The predicted octanol–water partition coefficient (Wildman–Crippen LogP) is 12.9. The second-order valence-corrected chi connectivity index (χ2v) is 15.4. The fourth-order valence-electron chi connectivity index (χ4n) is 6.61. The third-order valence-electron chi connectivity index (χ3n) is 10.1. The van der Waals surface area contributed by atoms with Crippen LogP contribution in [-0.2, 0) is 14.3 Å². The lowest BCUT2D eigenvalue weighted by Gasteiger charge is -2.20. The van der Waals surface area contributed by atoms with E-state index in [2.05, 4.69) is 43.5 Å². The highest BCUT2D eigenvalue weighted by atomic mass is 16.5. The predicted molar refractivity (Wildman–Crippen MR) is 227 cm³/mol. The Labute approximate surface area is 328 Å². The molecule has 0 aromatic carbocycles. The van der Waals surface area contributed by atoms with Crippen molar-refractivity contribution in [3.63, 3.8) is 0 Å². The van der Waals surface area contributed by atoms with Gasteiger partial charge >= 0.3 is 5.97 Å². The van der Waals surface area contributed by atoms with E-state index in [1.165, 1.54) is 128 Å². The number of carbonyl (C=O) groups is 2. The number of rotatable bonds is 41. The van der Waals surface area contributed by atoms with Crippen molar-refractivity contribution in [1.82, 2.24) is 5.32 Å². The van der Waals surface area contributed by atoms with Gasteiger partial charge in [0.25, 0.3) is 0 Å². The molecule has 0 aliphatic carbocycles. The summed E-state index contributed by atoms with van der Waals surface area (Å²) in [6.07, 6.45) is 49.8. The monoisotopic (exact) mass is 746 g/mol. The van der Waals surface area contributed by atoms with Gasteiger partial charge in [-0.15, -0.1) is 0 Å². The second-order valence-electron chi connectivity index (χ2n) is 15.4. The Morgan fingerprint density at radius 1 is 0.528 bits per heavy atom. The Hall–Kier alpha value is -1.92. The van der Waals surface area contributed by atoms with Crippen LogP contribution in [0.2, 0.25) is 0 Å². The first-order valence-electron chi connectivity index (χ1n) is 22.8. The summed E-state index contributed by atoms with van der Waals surface area (Å²) in [4.78, 5) is 24.3. The topological polar surface area (TPSA) is 95.9 Å². The van der Waals surface area contributed by atoms with Gasteiger partial charge in [0, 0.05) is 12.8 Å². The molecule has 53 heavy (non-hydrogen) atoms. The minimum Gasteiger partial charge on any atom is -0.466 e. The van der Waals surface area contributed by atoms with Crippen LogP contribution >= 0.6 is 0 Å². The Bertz CT molecular complexity index is 869. The quantitative estimate of drug-likeness (QED) is 0.0329. The Balaban J connectivity index is 3.51. The number of esters is 1. The molecule has 1 amide bonds. The lowest BCUT2D eigenvalue weighted by Crippen LogP contribution is -2.45. The van der Waals surface area contributed by atoms with Crippen LogP contribution in [0.15, 0.2) is 36.5 Å². The Morgan fingerprint density at radius 2 is 0.981 bits per heavy atom. The van der Waals surface area contributed by atoms with Gasteiger partial charge in [0.2, 0.25) is 5.91 Å². The van der Waals surface area contributed by atoms with Crippen molar-refractivity contribution in [3.05, 3.63) is 36.5 Å². The number of carbonyl (C=O) groups excluding carboxylic acids is 2. The number of hydrogen-bond donors (Lipinski definition) is 3. The fraction of sp³-hybridized carbons (Fsp3) is 0.830. The van der Waals surface area contributed by atoms with Crippen LogP contribution in [-0.4, -0.2) is 47.4 Å². The van der Waals surface area contributed by atoms with Crippen LogP contribution in [0.3, 0.4) is 0 Å². The Kier molecular flexibility index (Phi) is 41.3. The van der Waals surface area contributed by atoms with Crippen molar-refractivity contribution in [2.45, 2.75) is 238 Å². The Morgan fingerprint density at radius 3 is 1.51 bits per heavy atom. The van der Waals surface area contributed by atoms with Crippen LogP contribution in [0.1, 0.15) is 226 Å². The summed E-state index contributed by atoms with van der Waals surface area (Å²) in [5.41, 5.74) is 0. The number of hydrogen-bond acceptors (Lipinski definition) is 5. The standard InChI is InChI=1S/C47H87NO5/c1-3-5-7-9-11-13-15-16-21-25-29-33-37-41-47(52)53-42-38-34-30-26-22-18-17-20-24-28-32-36-40-46(51)48-44(43-49)45(50)39-35-31-27-23-19-14-12-10-8-6-4-2/h7,9,13,15,35,39,44-45,49-50H,3-6,8,10-12,14,16-34,36-38,40-43H2,1-2H3,(H,48,51)/b9-7-,15-13-,39-35+. The molecule has 3 N–H and O–H groups in total. The van der Waals surface area contributed by atoms with Crippen molar-refractivity contribution in [2.75, 3.05) is 13.2 Å². The molecule has 310 valence electrons. The molecule has 0 heterocycles. The van der Waals surface area contributed by atoms with Gasteiger partial charge in [0.15, 0.2) is 0 Å². The maximum Gasteiger partial charge on any atom is 0.305 e. The molecule has 0 radical (unpaired) electrons. The van der Waals surface area contributed by atoms with Crippen LogP contribution in [0.25, 0.3) is 0 Å². The van der Waals surface area contributed by atoms with E-state index in [-0.39, 0.29) is 18.5 Å². The number of aliphatic hydroxyl groups is 2. The van der Waals surface area contributed by atoms with E-state index < -0.39 is 12.1 Å². The van der Waals surface area contributed by atoms with E-state index in [1.54, 1.807) is 6.08 Å². The maximum atomic E-state index is 12.4. The molecule has 0 spiro atoms. The van der Waals surface area contributed by atoms with E-state index in [0.29, 0.717) is 19.4 Å². The van der Waals surface area contributed by atoms with E-state index in [0.717, 1.165) is 70.6 Å². The van der Waals surface area contributed by atoms with Crippen LogP contribution in [0.4, 0.5) is 0 Å². The number of allylic oxidation sites excluding steroid dienone is 5. The van der Waals surface area contributed by atoms with Gasteiger partial charge in [0.05, 0.1) is 25.4 Å². The van der Waals surface area contributed by atoms with Gasteiger partial charge in [-0.25, -0.2) is 0 Å². The number of nitrogens with one attached hydrogen (secondary N) is 1. The molecule has 0 saturated carbocycles. The number of amides is 1. The molecule has 2 atom stereocenters. The summed E-state index contributed by atoms with van der Waals surface area (Å²) in [7, 11) is 0. The number of aliphatic hydroxyl groups excluding tert-OH is 2. The zero-order valence-corrected chi connectivity index (χ0v) is 35.0. The first-order chi connectivity index (χ1) is 26.0. The number of ether oxygens (including phenoxy) is 1. The summed E-state index contributed by atoms with van der Waals surface area (Å²) < 4.78 is 5.43.